The van der Waals surface area contributed by atoms with E-state index in [1.807, 2.05) is 0 Å². The van der Waals surface area contributed by atoms with E-state index in [1.165, 1.54) is 89.9 Å². The molecule has 0 rings (SSSR count). The van der Waals surface area contributed by atoms with Crippen molar-refractivity contribution in [1.82, 2.24) is 0 Å². The maximum Gasteiger partial charge on any atom is 0.472 e. The number of hydrogen-bond donors (Lipinski definition) is 3. The zero-order chi connectivity index (χ0) is 77.4. The van der Waals surface area contributed by atoms with Gasteiger partial charge in [0.15, 0.2) is 12.2 Å². The van der Waals surface area contributed by atoms with Gasteiger partial charge in [0, 0.05) is 25.7 Å². The van der Waals surface area contributed by atoms with E-state index in [4.69, 9.17) is 37.0 Å². The SMILES string of the molecule is CC/C=C\C/C=C\C/C=C\C/C=C\C/C=C\CCCCCC(=O)OCC(COP(=O)(O)OCC(O)COP(=O)(O)OCC(COC(=O)CCCCCCC/C=C\CCCCCCCC)OC(=O)CCCCCCCCCCCCCCC)OC(=O)CCCCCCCC/C=C\C/C=C\C/C=C\C/C=C\CC. The fourth-order valence-corrected chi connectivity index (χ4v) is 12.7. The number of carbonyl (C=O) groups is 4. The number of aliphatic hydroxyl groups excluding tert-OH is 1. The third-order valence-electron chi connectivity index (χ3n) is 17.4. The number of hydrogen-bond acceptors (Lipinski definition) is 15. The first-order valence-electron chi connectivity index (χ1n) is 41.8. The molecule has 0 heterocycles. The lowest BCUT2D eigenvalue weighted by Gasteiger charge is -2.21. The third-order valence-corrected chi connectivity index (χ3v) is 19.3. The monoisotopic (exact) mass is 1530 g/mol. The second-order valence-electron chi connectivity index (χ2n) is 27.7. The van der Waals surface area contributed by atoms with Gasteiger partial charge in [-0.15, -0.1) is 0 Å². The summed E-state index contributed by atoms with van der Waals surface area (Å²) in [6.07, 6.45) is 87.3. The normalized spacial score (nSPS) is 14.4. The molecular weight excluding hydrogens is 1380 g/mol. The topological polar surface area (TPSA) is 237 Å². The minimum atomic E-state index is -4.99. The van der Waals surface area contributed by atoms with Crippen LogP contribution in [0.25, 0.3) is 0 Å². The standard InChI is InChI=1S/C87H150O17P2/c1-5-9-13-17-21-25-29-33-36-38-40-42-45-49-52-56-60-64-68-72-85(90)98-78-83(104-87(92)74-70-66-62-58-54-50-46-43-41-39-37-34-30-26-22-18-14-10-6-2)80-102-106(95,96)100-76-81(88)75-99-105(93,94)101-79-82(103-86(91)73-69-65-61-57-53-47-32-28-24-20-16-12-8-4)77-97-84(89)71-67-63-59-55-51-48-44-35-31-27-23-19-15-11-7-3/h9-10,13-14,21-22,25-26,33-37,40-44,49,52,81-83,88H,5-8,11-12,15-20,23-24,27-32,38-39,45-48,50-51,53-80H2,1-4H3,(H,93,94)(H,95,96)/b13-9-,14-10-,25-21-,26-22-,36-33-,37-34-,42-40-,43-41-,44-35-,52-49-. The number of carbonyl (C=O) groups excluding carboxylic acids is 4. The fourth-order valence-electron chi connectivity index (χ4n) is 11.1. The molecule has 0 radical (unpaired) electrons. The van der Waals surface area contributed by atoms with E-state index in [9.17, 15) is 43.2 Å². The van der Waals surface area contributed by atoms with Crippen LogP contribution in [-0.2, 0) is 65.4 Å². The quantitative estimate of drug-likeness (QED) is 0.0169. The summed E-state index contributed by atoms with van der Waals surface area (Å²) < 4.78 is 68.7. The maximum absolute atomic E-state index is 13.1. The Hall–Kier alpha value is -4.54. The average Bonchev–Trinajstić information content (AvgIpc) is 0.903. The molecule has 0 aliphatic rings. The maximum atomic E-state index is 13.1. The van der Waals surface area contributed by atoms with Gasteiger partial charge in [0.25, 0.3) is 0 Å². The molecule has 0 aliphatic heterocycles. The summed E-state index contributed by atoms with van der Waals surface area (Å²) in [6.45, 7) is 4.63. The van der Waals surface area contributed by atoms with Crippen molar-refractivity contribution in [1.29, 1.82) is 0 Å². The highest BCUT2D eigenvalue weighted by molar-refractivity contribution is 7.47. The molecule has 0 bridgehead atoms. The highest BCUT2D eigenvalue weighted by Crippen LogP contribution is 2.45. The van der Waals surface area contributed by atoms with Gasteiger partial charge in [0.2, 0.25) is 0 Å². The van der Waals surface area contributed by atoms with Gasteiger partial charge in [-0.05, 0) is 135 Å². The zero-order valence-electron chi connectivity index (χ0n) is 66.8. The molecular formula is C87H150O17P2. The van der Waals surface area contributed by atoms with Crippen molar-refractivity contribution >= 4 is 39.5 Å². The number of allylic oxidation sites excluding steroid dienone is 20. The predicted octanol–water partition coefficient (Wildman–Crippen LogP) is 24.7. The Bertz CT molecular complexity index is 2480. The number of esters is 4. The van der Waals surface area contributed by atoms with Crippen molar-refractivity contribution in [2.75, 3.05) is 39.6 Å². The van der Waals surface area contributed by atoms with Crippen molar-refractivity contribution in [3.8, 4) is 0 Å². The van der Waals surface area contributed by atoms with Crippen molar-refractivity contribution in [2.45, 2.75) is 367 Å². The lowest BCUT2D eigenvalue weighted by Crippen LogP contribution is -2.30. The summed E-state index contributed by atoms with van der Waals surface area (Å²) in [7, 11) is -9.97. The van der Waals surface area contributed by atoms with Crippen LogP contribution < -0.4 is 0 Å². The molecule has 19 heteroatoms. The Kier molecular flexibility index (Phi) is 75.2. The summed E-state index contributed by atoms with van der Waals surface area (Å²) >= 11 is 0. The molecule has 0 spiro atoms. The van der Waals surface area contributed by atoms with Gasteiger partial charge in [0.05, 0.1) is 26.4 Å². The van der Waals surface area contributed by atoms with Crippen molar-refractivity contribution in [2.24, 2.45) is 0 Å². The second kappa shape index (κ2) is 78.6. The van der Waals surface area contributed by atoms with E-state index >= 15 is 0 Å². The van der Waals surface area contributed by atoms with Crippen LogP contribution in [-0.4, -0.2) is 96.7 Å². The van der Waals surface area contributed by atoms with E-state index < -0.39 is 97.5 Å². The number of unbranched alkanes of at least 4 members (excludes halogenated alkanes) is 32. The molecule has 0 amide bonds. The summed E-state index contributed by atoms with van der Waals surface area (Å²) in [5.41, 5.74) is 0. The van der Waals surface area contributed by atoms with Gasteiger partial charge in [0.1, 0.15) is 19.3 Å². The van der Waals surface area contributed by atoms with Crippen molar-refractivity contribution in [3.05, 3.63) is 122 Å². The molecule has 0 saturated carbocycles. The number of phosphoric ester groups is 2. The highest BCUT2D eigenvalue weighted by Gasteiger charge is 2.30. The molecule has 0 aromatic heterocycles. The van der Waals surface area contributed by atoms with Gasteiger partial charge >= 0.3 is 39.5 Å². The summed E-state index contributed by atoms with van der Waals surface area (Å²) in [6, 6.07) is 0. The third kappa shape index (κ3) is 77.6. The van der Waals surface area contributed by atoms with Gasteiger partial charge < -0.3 is 33.8 Å². The minimum absolute atomic E-state index is 0.0687. The number of aliphatic hydroxyl groups is 1. The Balaban J connectivity index is 5.41. The van der Waals surface area contributed by atoms with Crippen LogP contribution in [0.1, 0.15) is 349 Å². The minimum Gasteiger partial charge on any atom is -0.462 e. The van der Waals surface area contributed by atoms with Gasteiger partial charge in [-0.3, -0.25) is 37.3 Å². The van der Waals surface area contributed by atoms with Gasteiger partial charge in [-0.25, -0.2) is 9.13 Å². The number of rotatable bonds is 78. The number of ether oxygens (including phenoxy) is 4. The molecule has 0 aromatic carbocycles. The molecule has 106 heavy (non-hydrogen) atoms. The van der Waals surface area contributed by atoms with Gasteiger partial charge in [-0.1, -0.05) is 310 Å². The molecule has 5 atom stereocenters. The Morgan fingerprint density at radius 2 is 0.491 bits per heavy atom. The van der Waals surface area contributed by atoms with E-state index in [2.05, 4.69) is 149 Å². The zero-order valence-corrected chi connectivity index (χ0v) is 68.6. The highest BCUT2D eigenvalue weighted by atomic mass is 31.2. The molecule has 0 saturated heterocycles. The van der Waals surface area contributed by atoms with Crippen molar-refractivity contribution < 1.29 is 80.2 Å². The summed E-state index contributed by atoms with van der Waals surface area (Å²) in [4.78, 5) is 73.1. The van der Waals surface area contributed by atoms with Crippen LogP contribution in [0.5, 0.6) is 0 Å². The van der Waals surface area contributed by atoms with Gasteiger partial charge in [-0.2, -0.15) is 0 Å². The van der Waals surface area contributed by atoms with E-state index in [0.717, 1.165) is 180 Å². The van der Waals surface area contributed by atoms with Crippen LogP contribution in [0.4, 0.5) is 0 Å². The van der Waals surface area contributed by atoms with Crippen molar-refractivity contribution in [3.63, 3.8) is 0 Å². The molecule has 610 valence electrons. The summed E-state index contributed by atoms with van der Waals surface area (Å²) in [5, 5.41) is 10.7. The Morgan fingerprint density at radius 3 is 0.774 bits per heavy atom. The molecule has 3 N–H and O–H groups in total. The van der Waals surface area contributed by atoms with E-state index in [1.54, 1.807) is 0 Å². The molecule has 0 aliphatic carbocycles. The molecule has 5 unspecified atom stereocenters. The van der Waals surface area contributed by atoms with Crippen LogP contribution >= 0.6 is 15.6 Å². The molecule has 0 fully saturated rings. The van der Waals surface area contributed by atoms with Crippen LogP contribution in [0.2, 0.25) is 0 Å². The fraction of sp³-hybridized carbons (Fsp3) is 0.724. The average molecular weight is 1530 g/mol. The predicted molar refractivity (Wildman–Crippen MR) is 436 cm³/mol. The lowest BCUT2D eigenvalue weighted by molar-refractivity contribution is -0.161. The molecule has 0 aromatic rings. The van der Waals surface area contributed by atoms with Crippen LogP contribution in [0, 0.1) is 0 Å². The van der Waals surface area contributed by atoms with Crippen LogP contribution in [0.3, 0.4) is 0 Å². The van der Waals surface area contributed by atoms with E-state index in [-0.39, 0.29) is 25.7 Å². The first-order chi connectivity index (χ1) is 51.7. The first kappa shape index (κ1) is 101. The summed E-state index contributed by atoms with van der Waals surface area (Å²) in [5.74, 6) is -2.22. The van der Waals surface area contributed by atoms with Crippen LogP contribution in [0.15, 0.2) is 122 Å². The molecule has 17 nitrogen and oxygen atoms in total. The lowest BCUT2D eigenvalue weighted by atomic mass is 10.0. The second-order valence-corrected chi connectivity index (χ2v) is 30.6. The Morgan fingerprint density at radius 1 is 0.274 bits per heavy atom. The smallest absolute Gasteiger partial charge is 0.462 e. The Labute approximate surface area is 644 Å². The number of phosphoric acid groups is 2. The largest absolute Gasteiger partial charge is 0.472 e. The first-order valence-corrected chi connectivity index (χ1v) is 44.8. The van der Waals surface area contributed by atoms with E-state index in [0.29, 0.717) is 25.7 Å².